The summed E-state index contributed by atoms with van der Waals surface area (Å²) in [5.74, 6) is 0.789. The number of guanidine groups is 1. The van der Waals surface area contributed by atoms with Crippen molar-refractivity contribution in [3.8, 4) is 5.75 Å². The molecule has 0 amide bonds. The van der Waals surface area contributed by atoms with Gasteiger partial charge in [0.05, 0.1) is 19.6 Å². The molecule has 1 unspecified atom stereocenters. The SMILES string of the molecule is CN=C(NCC(C)Oc1cccc(F)c1)N1CCC(C(=O)OC)CC1.I. The van der Waals surface area contributed by atoms with Crippen LogP contribution in [0.1, 0.15) is 19.8 Å². The van der Waals surface area contributed by atoms with Crippen LogP contribution in [0.15, 0.2) is 29.3 Å². The number of hydrogen-bond donors (Lipinski definition) is 1. The van der Waals surface area contributed by atoms with Gasteiger partial charge in [-0.1, -0.05) is 6.07 Å². The highest BCUT2D eigenvalue weighted by atomic mass is 127. The van der Waals surface area contributed by atoms with Crippen LogP contribution in [0.25, 0.3) is 0 Å². The third-order valence-corrected chi connectivity index (χ3v) is 4.22. The summed E-state index contributed by atoms with van der Waals surface area (Å²) >= 11 is 0. The molecule has 1 atom stereocenters. The fraction of sp³-hybridized carbons (Fsp3) is 0.556. The van der Waals surface area contributed by atoms with Gasteiger partial charge in [0.1, 0.15) is 17.7 Å². The van der Waals surface area contributed by atoms with Crippen LogP contribution in [0, 0.1) is 11.7 Å². The number of piperidine rings is 1. The summed E-state index contributed by atoms with van der Waals surface area (Å²) in [6.07, 6.45) is 1.36. The number of aliphatic imine (C=N–C) groups is 1. The molecule has 0 spiro atoms. The zero-order valence-corrected chi connectivity index (χ0v) is 17.7. The lowest BCUT2D eigenvalue weighted by atomic mass is 9.97. The van der Waals surface area contributed by atoms with Gasteiger partial charge in [-0.25, -0.2) is 4.39 Å². The third kappa shape index (κ3) is 6.62. The van der Waals surface area contributed by atoms with Crippen molar-refractivity contribution in [3.05, 3.63) is 30.1 Å². The lowest BCUT2D eigenvalue weighted by molar-refractivity contribution is -0.146. The van der Waals surface area contributed by atoms with E-state index in [1.807, 2.05) is 6.92 Å². The zero-order chi connectivity index (χ0) is 18.2. The van der Waals surface area contributed by atoms with E-state index >= 15 is 0 Å². The number of ether oxygens (including phenoxy) is 2. The fourth-order valence-electron chi connectivity index (χ4n) is 2.88. The number of rotatable bonds is 5. The summed E-state index contributed by atoms with van der Waals surface area (Å²) < 4.78 is 23.7. The standard InChI is InChI=1S/C18H26FN3O3.HI/c1-13(25-16-6-4-5-15(19)11-16)12-21-18(20-2)22-9-7-14(8-10-22)17(23)24-3;/h4-6,11,13-14H,7-10,12H2,1-3H3,(H,20,21);1H. The molecule has 0 bridgehead atoms. The summed E-state index contributed by atoms with van der Waals surface area (Å²) in [4.78, 5) is 18.0. The number of carbonyl (C=O) groups excluding carboxylic acids is 1. The second kappa shape index (κ2) is 11.2. The largest absolute Gasteiger partial charge is 0.489 e. The van der Waals surface area contributed by atoms with Crippen molar-refractivity contribution >= 4 is 35.9 Å². The first-order valence-corrected chi connectivity index (χ1v) is 8.49. The van der Waals surface area contributed by atoms with Crippen molar-refractivity contribution in [2.45, 2.75) is 25.9 Å². The Morgan fingerprint density at radius 2 is 2.12 bits per heavy atom. The van der Waals surface area contributed by atoms with Crippen LogP contribution in [-0.2, 0) is 9.53 Å². The maximum Gasteiger partial charge on any atom is 0.308 e. The first-order valence-electron chi connectivity index (χ1n) is 8.49. The molecule has 1 aliphatic rings. The summed E-state index contributed by atoms with van der Waals surface area (Å²) in [5.41, 5.74) is 0. The molecular weight excluding hydrogens is 452 g/mol. The van der Waals surface area contributed by atoms with Crippen LogP contribution in [-0.4, -0.2) is 56.7 Å². The van der Waals surface area contributed by atoms with Crippen molar-refractivity contribution in [2.24, 2.45) is 10.9 Å². The lowest BCUT2D eigenvalue weighted by Crippen LogP contribution is -2.48. The number of likely N-dealkylation sites (tertiary alicyclic amines) is 1. The molecule has 2 rings (SSSR count). The Bertz CT molecular complexity index is 607. The van der Waals surface area contributed by atoms with E-state index in [0.29, 0.717) is 12.3 Å². The van der Waals surface area contributed by atoms with Gasteiger partial charge < -0.3 is 19.7 Å². The molecule has 8 heteroatoms. The molecule has 1 saturated heterocycles. The van der Waals surface area contributed by atoms with Crippen LogP contribution in [0.3, 0.4) is 0 Å². The van der Waals surface area contributed by atoms with Gasteiger partial charge in [-0.2, -0.15) is 0 Å². The van der Waals surface area contributed by atoms with Gasteiger partial charge in [0.2, 0.25) is 0 Å². The van der Waals surface area contributed by atoms with E-state index in [1.54, 1.807) is 19.2 Å². The van der Waals surface area contributed by atoms with Crippen LogP contribution in [0.5, 0.6) is 5.75 Å². The Hall–Kier alpha value is -1.58. The average Bonchev–Trinajstić information content (AvgIpc) is 2.62. The molecule has 0 aromatic heterocycles. The van der Waals surface area contributed by atoms with Crippen molar-refractivity contribution in [2.75, 3.05) is 33.8 Å². The normalized spacial score (nSPS) is 16.5. The number of carbonyl (C=O) groups is 1. The van der Waals surface area contributed by atoms with E-state index in [1.165, 1.54) is 19.2 Å². The van der Waals surface area contributed by atoms with Crippen molar-refractivity contribution < 1.29 is 18.7 Å². The number of methoxy groups -OCH3 is 1. The van der Waals surface area contributed by atoms with Gasteiger partial charge in [0, 0.05) is 26.2 Å². The molecule has 1 aliphatic heterocycles. The summed E-state index contributed by atoms with van der Waals surface area (Å²) in [5, 5.41) is 3.27. The van der Waals surface area contributed by atoms with E-state index in [0.717, 1.165) is 31.9 Å². The van der Waals surface area contributed by atoms with Crippen molar-refractivity contribution in [1.29, 1.82) is 0 Å². The number of halogens is 2. The Morgan fingerprint density at radius 1 is 1.42 bits per heavy atom. The molecule has 6 nitrogen and oxygen atoms in total. The Morgan fingerprint density at radius 3 is 2.69 bits per heavy atom. The summed E-state index contributed by atoms with van der Waals surface area (Å²) in [6, 6.07) is 6.10. The van der Waals surface area contributed by atoms with Crippen molar-refractivity contribution in [3.63, 3.8) is 0 Å². The topological polar surface area (TPSA) is 63.2 Å². The highest BCUT2D eigenvalue weighted by molar-refractivity contribution is 14.0. The van der Waals surface area contributed by atoms with E-state index in [9.17, 15) is 9.18 Å². The molecule has 0 saturated carbocycles. The monoisotopic (exact) mass is 479 g/mol. The first-order chi connectivity index (χ1) is 12.0. The van der Waals surface area contributed by atoms with Crippen molar-refractivity contribution in [1.82, 2.24) is 10.2 Å². The summed E-state index contributed by atoms with van der Waals surface area (Å²) in [6.45, 7) is 3.95. The van der Waals surface area contributed by atoms with Crippen LogP contribution in [0.2, 0.25) is 0 Å². The minimum atomic E-state index is -0.318. The van der Waals surface area contributed by atoms with Crippen LogP contribution in [0.4, 0.5) is 4.39 Å². The molecular formula is C18H27FIN3O3. The van der Waals surface area contributed by atoms with E-state index < -0.39 is 0 Å². The molecule has 26 heavy (non-hydrogen) atoms. The predicted molar refractivity (Wildman–Crippen MR) is 110 cm³/mol. The number of benzene rings is 1. The van der Waals surface area contributed by atoms with E-state index in [2.05, 4.69) is 15.2 Å². The molecule has 1 N–H and O–H groups in total. The quantitative estimate of drug-likeness (QED) is 0.305. The zero-order valence-electron chi connectivity index (χ0n) is 15.4. The minimum absolute atomic E-state index is 0. The van der Waals surface area contributed by atoms with Gasteiger partial charge in [-0.05, 0) is 31.9 Å². The minimum Gasteiger partial charge on any atom is -0.489 e. The Balaban J connectivity index is 0.00000338. The highest BCUT2D eigenvalue weighted by Crippen LogP contribution is 2.18. The van der Waals surface area contributed by atoms with Gasteiger partial charge in [0.25, 0.3) is 0 Å². The Labute approximate surface area is 171 Å². The molecule has 0 aliphatic carbocycles. The number of hydrogen-bond acceptors (Lipinski definition) is 4. The smallest absolute Gasteiger partial charge is 0.308 e. The maximum absolute atomic E-state index is 13.2. The molecule has 146 valence electrons. The second-order valence-corrected chi connectivity index (χ2v) is 6.10. The molecule has 1 aromatic carbocycles. The van der Waals surface area contributed by atoms with Gasteiger partial charge in [-0.3, -0.25) is 9.79 Å². The fourth-order valence-corrected chi connectivity index (χ4v) is 2.88. The third-order valence-electron chi connectivity index (χ3n) is 4.22. The molecule has 1 fully saturated rings. The molecule has 0 radical (unpaired) electrons. The summed E-state index contributed by atoms with van der Waals surface area (Å²) in [7, 11) is 3.15. The van der Waals surface area contributed by atoms with E-state index in [4.69, 9.17) is 9.47 Å². The van der Waals surface area contributed by atoms with Gasteiger partial charge in [-0.15, -0.1) is 24.0 Å². The Kier molecular flexibility index (Phi) is 9.68. The molecule has 1 aromatic rings. The first kappa shape index (κ1) is 22.5. The number of esters is 1. The predicted octanol–water partition coefficient (Wildman–Crippen LogP) is 2.67. The van der Waals surface area contributed by atoms with Crippen LogP contribution >= 0.6 is 24.0 Å². The number of nitrogens with one attached hydrogen (secondary N) is 1. The van der Waals surface area contributed by atoms with Crippen LogP contribution < -0.4 is 10.1 Å². The highest BCUT2D eigenvalue weighted by Gasteiger charge is 2.27. The lowest BCUT2D eigenvalue weighted by Gasteiger charge is -2.33. The maximum atomic E-state index is 13.2. The average molecular weight is 479 g/mol. The van der Waals surface area contributed by atoms with Gasteiger partial charge >= 0.3 is 5.97 Å². The number of nitrogens with zero attached hydrogens (tertiary/aromatic N) is 2. The molecule has 1 heterocycles. The van der Waals surface area contributed by atoms with E-state index in [-0.39, 0.29) is 47.8 Å². The van der Waals surface area contributed by atoms with Gasteiger partial charge in [0.15, 0.2) is 5.96 Å². The second-order valence-electron chi connectivity index (χ2n) is 6.10.